The number of nitrogens with zero attached hydrogens (tertiary/aromatic N) is 3. The minimum Gasteiger partial charge on any atom is -0.307 e. The fourth-order valence-electron chi connectivity index (χ4n) is 2.26. The second-order valence-corrected chi connectivity index (χ2v) is 4.93. The van der Waals surface area contributed by atoms with E-state index in [0.717, 1.165) is 21.4 Å². The Hall–Kier alpha value is -2.84. The van der Waals surface area contributed by atoms with Gasteiger partial charge in [-0.2, -0.15) is 5.10 Å². The molecule has 0 amide bonds. The van der Waals surface area contributed by atoms with Gasteiger partial charge < -0.3 is 4.98 Å². The van der Waals surface area contributed by atoms with Gasteiger partial charge in [-0.05, 0) is 24.3 Å². The van der Waals surface area contributed by atoms with Crippen LogP contribution in [0.4, 0.5) is 13.2 Å². The van der Waals surface area contributed by atoms with Gasteiger partial charge in [0.15, 0.2) is 0 Å². The molecule has 3 rings (SSSR count). The second-order valence-electron chi connectivity index (χ2n) is 4.93. The minimum absolute atomic E-state index is 0.0967. The third kappa shape index (κ3) is 3.03. The number of halogens is 3. The van der Waals surface area contributed by atoms with E-state index in [1.54, 1.807) is 0 Å². The lowest BCUT2D eigenvalue weighted by atomic mass is 10.2. The Balaban J connectivity index is 2.00. The molecule has 3 aromatic rings. The lowest BCUT2D eigenvalue weighted by Crippen LogP contribution is -2.35. The van der Waals surface area contributed by atoms with E-state index in [4.69, 9.17) is 0 Å². The number of hydrogen-bond donors (Lipinski definition) is 1. The second kappa shape index (κ2) is 5.75. The predicted octanol–water partition coefficient (Wildman–Crippen LogP) is 1.34. The molecule has 0 bridgehead atoms. The summed E-state index contributed by atoms with van der Waals surface area (Å²) in [5.74, 6) is -0.573. The van der Waals surface area contributed by atoms with Gasteiger partial charge in [-0.3, -0.25) is 14.0 Å². The van der Waals surface area contributed by atoms with Gasteiger partial charge in [0, 0.05) is 6.20 Å². The van der Waals surface area contributed by atoms with Gasteiger partial charge in [0.05, 0.1) is 23.1 Å². The first-order chi connectivity index (χ1) is 10.9. The predicted molar refractivity (Wildman–Crippen MR) is 76.1 cm³/mol. The number of nitrogens with one attached hydrogen (secondary N) is 1. The van der Waals surface area contributed by atoms with Crippen molar-refractivity contribution in [3.05, 3.63) is 62.8 Å². The molecule has 0 atom stereocenters. The zero-order valence-electron chi connectivity index (χ0n) is 11.7. The van der Waals surface area contributed by atoms with Crippen molar-refractivity contribution in [1.29, 1.82) is 0 Å². The Morgan fingerprint density at radius 3 is 2.74 bits per heavy atom. The maximum absolute atomic E-state index is 13.1. The van der Waals surface area contributed by atoms with Crippen LogP contribution < -0.4 is 11.2 Å². The summed E-state index contributed by atoms with van der Waals surface area (Å²) < 4.78 is 39.7. The number of rotatable bonds is 4. The largest absolute Gasteiger partial charge is 0.329 e. The maximum Gasteiger partial charge on any atom is 0.329 e. The quantitative estimate of drug-likeness (QED) is 0.787. The topological polar surface area (TPSA) is 72.7 Å². The molecule has 0 radical (unpaired) electrons. The number of hydrogen-bond acceptors (Lipinski definition) is 3. The fraction of sp³-hybridized carbons (Fsp3) is 0.214. The Labute approximate surface area is 126 Å². The highest BCUT2D eigenvalue weighted by atomic mass is 19.3. The Morgan fingerprint density at radius 2 is 2.00 bits per heavy atom. The van der Waals surface area contributed by atoms with E-state index >= 15 is 0 Å². The average molecular weight is 324 g/mol. The molecule has 2 aromatic heterocycles. The van der Waals surface area contributed by atoms with Crippen LogP contribution in [-0.4, -0.2) is 25.8 Å². The molecule has 0 unspecified atom stereocenters. The maximum atomic E-state index is 13.1. The molecule has 120 valence electrons. The van der Waals surface area contributed by atoms with E-state index < -0.39 is 30.0 Å². The summed E-state index contributed by atoms with van der Waals surface area (Å²) in [7, 11) is 0. The number of alkyl halides is 2. The minimum atomic E-state index is -2.55. The number of aromatic amines is 1. The molecule has 0 aliphatic rings. The van der Waals surface area contributed by atoms with E-state index in [9.17, 15) is 22.8 Å². The summed E-state index contributed by atoms with van der Waals surface area (Å²) in [6.07, 6.45) is -1.21. The molecule has 0 saturated heterocycles. The van der Waals surface area contributed by atoms with Gasteiger partial charge in [0.2, 0.25) is 0 Å². The molecule has 9 heteroatoms. The van der Waals surface area contributed by atoms with Crippen molar-refractivity contribution < 1.29 is 13.2 Å². The standard InChI is InChI=1S/C14H11F3N4O2/c15-8-1-2-10-11(5-8)18-14(23)21(13(10)22)6-9-3-4-20(19-9)7-12(16)17/h1-5,12H,6-7H2,(H,18,23). The van der Waals surface area contributed by atoms with Gasteiger partial charge >= 0.3 is 5.69 Å². The molecule has 0 fully saturated rings. The van der Waals surface area contributed by atoms with Gasteiger partial charge in [-0.1, -0.05) is 0 Å². The lowest BCUT2D eigenvalue weighted by Gasteiger charge is -2.05. The van der Waals surface area contributed by atoms with Crippen LogP contribution in [0.25, 0.3) is 10.9 Å². The molecule has 0 spiro atoms. The van der Waals surface area contributed by atoms with Crippen LogP contribution in [0.3, 0.4) is 0 Å². The zero-order chi connectivity index (χ0) is 16.6. The third-order valence-electron chi connectivity index (χ3n) is 3.29. The van der Waals surface area contributed by atoms with E-state index in [2.05, 4.69) is 10.1 Å². The summed E-state index contributed by atoms with van der Waals surface area (Å²) >= 11 is 0. The van der Waals surface area contributed by atoms with Crippen LogP contribution in [0, 0.1) is 5.82 Å². The van der Waals surface area contributed by atoms with Crippen LogP contribution in [-0.2, 0) is 13.1 Å². The van der Waals surface area contributed by atoms with Gasteiger partial charge in [-0.25, -0.2) is 18.0 Å². The number of aromatic nitrogens is 4. The van der Waals surface area contributed by atoms with Crippen molar-refractivity contribution in [2.45, 2.75) is 19.5 Å². The number of fused-ring (bicyclic) bond motifs is 1. The summed E-state index contributed by atoms with van der Waals surface area (Å²) in [5.41, 5.74) is -0.942. The zero-order valence-corrected chi connectivity index (χ0v) is 11.7. The SMILES string of the molecule is O=c1[nH]c2cc(F)ccc2c(=O)n1Cc1ccn(CC(F)F)n1. The van der Waals surface area contributed by atoms with Crippen molar-refractivity contribution in [3.63, 3.8) is 0 Å². The monoisotopic (exact) mass is 324 g/mol. The first-order valence-corrected chi connectivity index (χ1v) is 6.67. The first kappa shape index (κ1) is 15.1. The van der Waals surface area contributed by atoms with Crippen LogP contribution >= 0.6 is 0 Å². The van der Waals surface area contributed by atoms with Crippen molar-refractivity contribution >= 4 is 10.9 Å². The van der Waals surface area contributed by atoms with Crippen molar-refractivity contribution in [1.82, 2.24) is 19.3 Å². The fourth-order valence-corrected chi connectivity index (χ4v) is 2.26. The number of benzene rings is 1. The Bertz CT molecular complexity index is 974. The summed E-state index contributed by atoms with van der Waals surface area (Å²) in [5, 5.41) is 4.04. The van der Waals surface area contributed by atoms with Crippen molar-refractivity contribution in [2.75, 3.05) is 0 Å². The number of H-pyrrole nitrogens is 1. The molecule has 6 nitrogen and oxygen atoms in total. The Morgan fingerprint density at radius 1 is 1.22 bits per heavy atom. The van der Waals surface area contributed by atoms with Gasteiger partial charge in [0.25, 0.3) is 12.0 Å². The highest BCUT2D eigenvalue weighted by Gasteiger charge is 2.11. The van der Waals surface area contributed by atoms with Gasteiger partial charge in [-0.15, -0.1) is 0 Å². The lowest BCUT2D eigenvalue weighted by molar-refractivity contribution is 0.121. The molecule has 1 N–H and O–H groups in total. The molecule has 0 aliphatic heterocycles. The average Bonchev–Trinajstić information content (AvgIpc) is 2.89. The van der Waals surface area contributed by atoms with E-state index in [1.165, 1.54) is 18.3 Å². The normalized spacial score (nSPS) is 11.5. The molecule has 1 aromatic carbocycles. The van der Waals surface area contributed by atoms with Crippen LogP contribution in [0.5, 0.6) is 0 Å². The van der Waals surface area contributed by atoms with E-state index in [0.29, 0.717) is 5.69 Å². The van der Waals surface area contributed by atoms with Gasteiger partial charge in [0.1, 0.15) is 12.4 Å². The third-order valence-corrected chi connectivity index (χ3v) is 3.29. The first-order valence-electron chi connectivity index (χ1n) is 6.67. The van der Waals surface area contributed by atoms with E-state index in [1.807, 2.05) is 0 Å². The summed E-state index contributed by atoms with van der Waals surface area (Å²) in [6, 6.07) is 4.89. The molecule has 23 heavy (non-hydrogen) atoms. The Kier molecular flexibility index (Phi) is 3.77. The molecule has 0 saturated carbocycles. The van der Waals surface area contributed by atoms with Crippen molar-refractivity contribution in [2.24, 2.45) is 0 Å². The highest BCUT2D eigenvalue weighted by Crippen LogP contribution is 2.08. The summed E-state index contributed by atoms with van der Waals surface area (Å²) in [4.78, 5) is 26.7. The van der Waals surface area contributed by atoms with Crippen LogP contribution in [0.2, 0.25) is 0 Å². The molecular weight excluding hydrogens is 313 g/mol. The highest BCUT2D eigenvalue weighted by molar-refractivity contribution is 5.77. The smallest absolute Gasteiger partial charge is 0.307 e. The molecule has 0 aliphatic carbocycles. The van der Waals surface area contributed by atoms with Crippen molar-refractivity contribution in [3.8, 4) is 0 Å². The van der Waals surface area contributed by atoms with Crippen LogP contribution in [0.1, 0.15) is 5.69 Å². The molecule has 2 heterocycles. The van der Waals surface area contributed by atoms with E-state index in [-0.39, 0.29) is 17.4 Å². The summed E-state index contributed by atoms with van der Waals surface area (Å²) in [6.45, 7) is -0.736. The van der Waals surface area contributed by atoms with Crippen LogP contribution in [0.15, 0.2) is 40.1 Å². The molecular formula is C14H11F3N4O2.